The molecule has 3 unspecified atom stereocenters. The van der Waals surface area contributed by atoms with E-state index < -0.39 is 0 Å². The molecule has 0 amide bonds. The molecule has 2 nitrogen and oxygen atoms in total. The highest BCUT2D eigenvalue weighted by atomic mass is 19.1. The number of hydrogen-bond donors (Lipinski definition) is 1. The van der Waals surface area contributed by atoms with Crippen LogP contribution in [0.15, 0.2) is 24.3 Å². The SMILES string of the molecule is CCNC(c1ccc(F)cc1)C1CCOC1C. The van der Waals surface area contributed by atoms with Crippen LogP contribution in [0.1, 0.15) is 31.9 Å². The van der Waals surface area contributed by atoms with Gasteiger partial charge in [-0.05, 0) is 37.6 Å². The fourth-order valence-corrected chi connectivity index (χ4v) is 2.59. The molecule has 3 atom stereocenters. The second-order valence-electron chi connectivity index (χ2n) is 4.62. The van der Waals surface area contributed by atoms with Crippen molar-refractivity contribution in [2.45, 2.75) is 32.4 Å². The molecule has 0 aliphatic carbocycles. The van der Waals surface area contributed by atoms with Gasteiger partial charge in [0.2, 0.25) is 0 Å². The smallest absolute Gasteiger partial charge is 0.123 e. The normalized spacial score (nSPS) is 26.1. The van der Waals surface area contributed by atoms with Crippen LogP contribution in [0.25, 0.3) is 0 Å². The van der Waals surface area contributed by atoms with Crippen LogP contribution in [0.5, 0.6) is 0 Å². The first-order chi connectivity index (χ1) is 8.22. The van der Waals surface area contributed by atoms with Gasteiger partial charge in [0.1, 0.15) is 5.82 Å². The number of halogens is 1. The molecule has 0 radical (unpaired) electrons. The van der Waals surface area contributed by atoms with Crippen LogP contribution >= 0.6 is 0 Å². The summed E-state index contributed by atoms with van der Waals surface area (Å²) in [6.45, 7) is 5.95. The number of rotatable bonds is 4. The number of hydrogen-bond acceptors (Lipinski definition) is 2. The van der Waals surface area contributed by atoms with Crippen molar-refractivity contribution in [2.75, 3.05) is 13.2 Å². The molecule has 0 bridgehead atoms. The highest BCUT2D eigenvalue weighted by Gasteiger charge is 2.32. The Morgan fingerprint density at radius 2 is 2.12 bits per heavy atom. The van der Waals surface area contributed by atoms with E-state index in [-0.39, 0.29) is 18.0 Å². The maximum absolute atomic E-state index is 12.9. The third-order valence-corrected chi connectivity index (χ3v) is 3.52. The molecule has 0 spiro atoms. The summed E-state index contributed by atoms with van der Waals surface area (Å²) in [6.07, 6.45) is 1.33. The molecule has 94 valence electrons. The first kappa shape index (κ1) is 12.5. The molecule has 1 saturated heterocycles. The van der Waals surface area contributed by atoms with Crippen LogP contribution in [0, 0.1) is 11.7 Å². The van der Waals surface area contributed by atoms with Gasteiger partial charge in [-0.3, -0.25) is 0 Å². The maximum atomic E-state index is 12.9. The Morgan fingerprint density at radius 1 is 1.41 bits per heavy atom. The molecule has 1 aliphatic rings. The summed E-state index contributed by atoms with van der Waals surface area (Å²) >= 11 is 0. The molecule has 2 rings (SSSR count). The Hall–Kier alpha value is -0.930. The van der Waals surface area contributed by atoms with E-state index in [1.54, 1.807) is 0 Å². The van der Waals surface area contributed by atoms with Gasteiger partial charge in [-0.2, -0.15) is 0 Å². The Kier molecular flexibility index (Phi) is 4.13. The summed E-state index contributed by atoms with van der Waals surface area (Å²) in [6, 6.07) is 7.06. The fraction of sp³-hybridized carbons (Fsp3) is 0.571. The Labute approximate surface area is 102 Å². The molecule has 17 heavy (non-hydrogen) atoms. The van der Waals surface area contributed by atoms with Gasteiger partial charge in [-0.1, -0.05) is 19.1 Å². The van der Waals surface area contributed by atoms with Gasteiger partial charge in [0.05, 0.1) is 6.10 Å². The molecule has 0 aromatic heterocycles. The average Bonchev–Trinajstić information content (AvgIpc) is 2.74. The number of nitrogens with one attached hydrogen (secondary N) is 1. The zero-order valence-corrected chi connectivity index (χ0v) is 10.4. The van der Waals surface area contributed by atoms with E-state index >= 15 is 0 Å². The molecule has 0 saturated carbocycles. The Morgan fingerprint density at radius 3 is 2.65 bits per heavy atom. The predicted octanol–water partition coefficient (Wildman–Crippen LogP) is 2.90. The first-order valence-corrected chi connectivity index (χ1v) is 6.33. The zero-order chi connectivity index (χ0) is 12.3. The van der Waals surface area contributed by atoms with E-state index in [0.29, 0.717) is 5.92 Å². The minimum atomic E-state index is -0.181. The summed E-state index contributed by atoms with van der Waals surface area (Å²) in [7, 11) is 0. The topological polar surface area (TPSA) is 21.3 Å². The lowest BCUT2D eigenvalue weighted by molar-refractivity contribution is 0.0956. The van der Waals surface area contributed by atoms with E-state index in [4.69, 9.17) is 4.74 Å². The van der Waals surface area contributed by atoms with Gasteiger partial charge in [-0.25, -0.2) is 4.39 Å². The third kappa shape index (κ3) is 2.85. The molecule has 1 N–H and O–H groups in total. The van der Waals surface area contributed by atoms with Crippen LogP contribution in [0.3, 0.4) is 0 Å². The van der Waals surface area contributed by atoms with Crippen molar-refractivity contribution in [2.24, 2.45) is 5.92 Å². The molecule has 1 aromatic carbocycles. The van der Waals surface area contributed by atoms with Crippen LogP contribution in [0.4, 0.5) is 4.39 Å². The number of ether oxygens (including phenoxy) is 1. The largest absolute Gasteiger partial charge is 0.378 e. The first-order valence-electron chi connectivity index (χ1n) is 6.33. The summed E-state index contributed by atoms with van der Waals surface area (Å²) in [5, 5.41) is 3.49. The van der Waals surface area contributed by atoms with Crippen LogP contribution < -0.4 is 5.32 Å². The van der Waals surface area contributed by atoms with Crippen molar-refractivity contribution in [1.82, 2.24) is 5.32 Å². The lowest BCUT2D eigenvalue weighted by atomic mass is 9.88. The van der Waals surface area contributed by atoms with E-state index in [0.717, 1.165) is 25.1 Å². The summed E-state index contributed by atoms with van der Waals surface area (Å²) in [4.78, 5) is 0. The fourth-order valence-electron chi connectivity index (χ4n) is 2.59. The van der Waals surface area contributed by atoms with Crippen LogP contribution in [-0.2, 0) is 4.74 Å². The predicted molar refractivity (Wildman–Crippen MR) is 66.3 cm³/mol. The van der Waals surface area contributed by atoms with Crippen LogP contribution in [-0.4, -0.2) is 19.3 Å². The standard InChI is InChI=1S/C14H20FNO/c1-3-16-14(13-8-9-17-10(13)2)11-4-6-12(15)7-5-11/h4-7,10,13-14,16H,3,8-9H2,1-2H3. The van der Waals surface area contributed by atoms with Gasteiger partial charge in [0.25, 0.3) is 0 Å². The third-order valence-electron chi connectivity index (χ3n) is 3.52. The van der Waals surface area contributed by atoms with Gasteiger partial charge >= 0.3 is 0 Å². The van der Waals surface area contributed by atoms with Crippen molar-refractivity contribution in [3.63, 3.8) is 0 Å². The molecule has 1 aromatic rings. The highest BCUT2D eigenvalue weighted by Crippen LogP contribution is 2.33. The average molecular weight is 237 g/mol. The van der Waals surface area contributed by atoms with Crippen LogP contribution in [0.2, 0.25) is 0 Å². The molecule has 3 heteroatoms. The van der Waals surface area contributed by atoms with E-state index in [2.05, 4.69) is 19.2 Å². The van der Waals surface area contributed by atoms with Crippen molar-refractivity contribution >= 4 is 0 Å². The second kappa shape index (κ2) is 5.61. The lowest BCUT2D eigenvalue weighted by Crippen LogP contribution is -2.31. The molecule has 1 fully saturated rings. The Bertz CT molecular complexity index is 352. The summed E-state index contributed by atoms with van der Waals surface area (Å²) in [5.74, 6) is 0.292. The van der Waals surface area contributed by atoms with Gasteiger partial charge in [0.15, 0.2) is 0 Å². The molecular weight excluding hydrogens is 217 g/mol. The van der Waals surface area contributed by atoms with E-state index in [1.807, 2.05) is 12.1 Å². The number of benzene rings is 1. The maximum Gasteiger partial charge on any atom is 0.123 e. The van der Waals surface area contributed by atoms with Gasteiger partial charge < -0.3 is 10.1 Å². The minimum Gasteiger partial charge on any atom is -0.378 e. The highest BCUT2D eigenvalue weighted by molar-refractivity contribution is 5.21. The molecule has 1 aliphatic heterocycles. The summed E-state index contributed by atoms with van der Waals surface area (Å²) in [5.41, 5.74) is 1.15. The van der Waals surface area contributed by atoms with Crippen molar-refractivity contribution in [3.05, 3.63) is 35.6 Å². The molecular formula is C14H20FNO. The zero-order valence-electron chi connectivity index (χ0n) is 10.4. The molecule has 1 heterocycles. The van der Waals surface area contributed by atoms with Crippen molar-refractivity contribution in [1.29, 1.82) is 0 Å². The van der Waals surface area contributed by atoms with Crippen molar-refractivity contribution < 1.29 is 9.13 Å². The van der Waals surface area contributed by atoms with Gasteiger partial charge in [-0.15, -0.1) is 0 Å². The second-order valence-corrected chi connectivity index (χ2v) is 4.62. The van der Waals surface area contributed by atoms with Crippen molar-refractivity contribution in [3.8, 4) is 0 Å². The van der Waals surface area contributed by atoms with E-state index in [1.165, 1.54) is 12.1 Å². The summed E-state index contributed by atoms with van der Waals surface area (Å²) < 4.78 is 18.6. The minimum absolute atomic E-state index is 0.181. The quantitative estimate of drug-likeness (QED) is 0.869. The Balaban J connectivity index is 2.18. The lowest BCUT2D eigenvalue weighted by Gasteiger charge is -2.27. The monoisotopic (exact) mass is 237 g/mol. The van der Waals surface area contributed by atoms with Gasteiger partial charge in [0, 0.05) is 18.6 Å². The van der Waals surface area contributed by atoms with E-state index in [9.17, 15) is 4.39 Å².